The summed E-state index contributed by atoms with van der Waals surface area (Å²) in [5.41, 5.74) is -5.27. The lowest BCUT2D eigenvalue weighted by Gasteiger charge is -2.28. The second-order valence-corrected chi connectivity index (χ2v) is 11.7. The zero-order valence-corrected chi connectivity index (χ0v) is 22.1. The Bertz CT molecular complexity index is 1450. The highest BCUT2D eigenvalue weighted by Crippen LogP contribution is 2.38. The third-order valence-corrected chi connectivity index (χ3v) is 7.00. The van der Waals surface area contributed by atoms with Crippen molar-refractivity contribution in [1.29, 1.82) is 0 Å². The summed E-state index contributed by atoms with van der Waals surface area (Å²) in [5, 5.41) is 0. The Kier molecular flexibility index (Phi) is 7.47. The van der Waals surface area contributed by atoms with Crippen LogP contribution in [0.25, 0.3) is 0 Å². The van der Waals surface area contributed by atoms with Crippen LogP contribution >= 0.6 is 0 Å². The number of nitrogens with one attached hydrogen (secondary N) is 1. The Morgan fingerprint density at radius 1 is 1.03 bits per heavy atom. The molecule has 0 aromatic heterocycles. The number of amides is 4. The summed E-state index contributed by atoms with van der Waals surface area (Å²) in [4.78, 5) is 39.0. The molecule has 2 aromatic carbocycles. The fourth-order valence-electron chi connectivity index (χ4n) is 3.74. The molecule has 0 aliphatic carbocycles. The van der Waals surface area contributed by atoms with Gasteiger partial charge in [0.1, 0.15) is 22.8 Å². The van der Waals surface area contributed by atoms with Crippen LogP contribution in [0, 0.1) is 11.6 Å². The average molecular weight is 578 g/mol. The van der Waals surface area contributed by atoms with E-state index in [0.717, 1.165) is 23.1 Å². The van der Waals surface area contributed by atoms with E-state index >= 15 is 0 Å². The number of imide groups is 1. The van der Waals surface area contributed by atoms with Crippen LogP contribution < -0.4 is 9.62 Å². The molecule has 39 heavy (non-hydrogen) atoms. The van der Waals surface area contributed by atoms with Crippen molar-refractivity contribution in [2.45, 2.75) is 63.4 Å². The third kappa shape index (κ3) is 6.13. The first kappa shape index (κ1) is 29.8. The number of urea groups is 1. The predicted molar refractivity (Wildman–Crippen MR) is 127 cm³/mol. The van der Waals surface area contributed by atoms with E-state index in [1.165, 1.54) is 34.6 Å². The van der Waals surface area contributed by atoms with Gasteiger partial charge in [-0.15, -0.1) is 0 Å². The highest BCUT2D eigenvalue weighted by molar-refractivity contribution is 7.90. The number of halogens is 5. The summed E-state index contributed by atoms with van der Waals surface area (Å²) in [5.74, 6) is -3.59. The van der Waals surface area contributed by atoms with Gasteiger partial charge >= 0.3 is 18.3 Å². The number of benzene rings is 2. The van der Waals surface area contributed by atoms with Gasteiger partial charge in [0, 0.05) is 6.54 Å². The number of carbonyl (C=O) groups excluding carboxylic acids is 3. The first-order chi connectivity index (χ1) is 17.6. The van der Waals surface area contributed by atoms with Gasteiger partial charge in [0.25, 0.3) is 15.9 Å². The molecule has 1 N–H and O–H groups in total. The molecule has 9 nitrogen and oxygen atoms in total. The molecule has 1 fully saturated rings. The van der Waals surface area contributed by atoms with E-state index in [9.17, 15) is 44.8 Å². The minimum Gasteiger partial charge on any atom is -0.443 e. The Balaban J connectivity index is 2.01. The van der Waals surface area contributed by atoms with Gasteiger partial charge < -0.3 is 9.64 Å². The number of nitrogens with zero attached hydrogens (tertiary/aromatic N) is 2. The molecule has 0 unspecified atom stereocenters. The van der Waals surface area contributed by atoms with Gasteiger partial charge in [-0.25, -0.2) is 36.4 Å². The topological polar surface area (TPSA) is 113 Å². The van der Waals surface area contributed by atoms with Crippen LogP contribution in [0.15, 0.2) is 41.3 Å². The molecule has 1 aliphatic heterocycles. The van der Waals surface area contributed by atoms with Crippen molar-refractivity contribution in [3.05, 3.63) is 59.2 Å². The molecule has 0 spiro atoms. The Labute approximate surface area is 220 Å². The minimum atomic E-state index is -5.11. The van der Waals surface area contributed by atoms with Crippen molar-refractivity contribution >= 4 is 33.7 Å². The Morgan fingerprint density at radius 2 is 1.64 bits per heavy atom. The van der Waals surface area contributed by atoms with Crippen LogP contribution in [-0.4, -0.2) is 42.5 Å². The molecule has 0 saturated carbocycles. The van der Waals surface area contributed by atoms with E-state index in [1.807, 2.05) is 0 Å². The molecule has 1 saturated heterocycles. The summed E-state index contributed by atoms with van der Waals surface area (Å²) in [6.07, 6.45) is -6.46. The summed E-state index contributed by atoms with van der Waals surface area (Å²) >= 11 is 0. The Hall–Kier alpha value is -3.75. The van der Waals surface area contributed by atoms with E-state index in [0.29, 0.717) is 23.1 Å². The highest BCUT2D eigenvalue weighted by Gasteiger charge is 2.52. The maximum Gasteiger partial charge on any atom is 0.421 e. The van der Waals surface area contributed by atoms with Gasteiger partial charge in [-0.1, -0.05) is 6.07 Å². The number of ether oxygens (including phenoxy) is 1. The molecule has 0 atom stereocenters. The second kappa shape index (κ2) is 9.77. The van der Waals surface area contributed by atoms with Gasteiger partial charge in [-0.3, -0.25) is 4.79 Å². The molecule has 0 bridgehead atoms. The van der Waals surface area contributed by atoms with Gasteiger partial charge in [-0.05, 0) is 70.5 Å². The number of hydrogen-bond donors (Lipinski definition) is 1. The van der Waals surface area contributed by atoms with Crippen molar-refractivity contribution in [2.24, 2.45) is 0 Å². The molecule has 1 aliphatic rings. The van der Waals surface area contributed by atoms with Crippen LogP contribution in [-0.2, 0) is 32.3 Å². The molecular formula is C24H24F5N3O6S. The standard InChI is InChI=1S/C24H24F5N3O6S/c1-22(2,3)38-20(34)30-39(36,37)18-10-14(25)7-6-13(18)12-31-21(35)32(19(33)23(31,4)5)15-8-9-17(26)16(11-15)24(27,28)29/h6-11H,12H2,1-5H3,(H,30,34). The van der Waals surface area contributed by atoms with Gasteiger partial charge in [-0.2, -0.15) is 13.2 Å². The van der Waals surface area contributed by atoms with E-state index in [2.05, 4.69) is 0 Å². The number of sulfonamides is 1. The monoisotopic (exact) mass is 577 g/mol. The zero-order chi connectivity index (χ0) is 29.7. The molecular weight excluding hydrogens is 553 g/mol. The van der Waals surface area contributed by atoms with Crippen molar-refractivity contribution in [3.63, 3.8) is 0 Å². The van der Waals surface area contributed by atoms with E-state index in [-0.39, 0.29) is 5.56 Å². The first-order valence-corrected chi connectivity index (χ1v) is 12.7. The fraction of sp³-hybridized carbons (Fsp3) is 0.375. The maximum atomic E-state index is 14.1. The molecule has 15 heteroatoms. The van der Waals surface area contributed by atoms with Crippen molar-refractivity contribution in [1.82, 2.24) is 9.62 Å². The van der Waals surface area contributed by atoms with Crippen LogP contribution in [0.1, 0.15) is 45.7 Å². The van der Waals surface area contributed by atoms with E-state index in [4.69, 9.17) is 4.74 Å². The second-order valence-electron chi connectivity index (χ2n) is 10.1. The quantitative estimate of drug-likeness (QED) is 0.398. The summed E-state index contributed by atoms with van der Waals surface area (Å²) < 4.78 is 100.0. The average Bonchev–Trinajstić information content (AvgIpc) is 2.92. The van der Waals surface area contributed by atoms with Gasteiger partial charge in [0.2, 0.25) is 0 Å². The van der Waals surface area contributed by atoms with Crippen molar-refractivity contribution in [2.75, 3.05) is 4.90 Å². The summed E-state index contributed by atoms with van der Waals surface area (Å²) in [6.45, 7) is 6.34. The molecule has 3 rings (SSSR count). The predicted octanol–water partition coefficient (Wildman–Crippen LogP) is 4.94. The van der Waals surface area contributed by atoms with Gasteiger partial charge in [0.15, 0.2) is 0 Å². The highest BCUT2D eigenvalue weighted by atomic mass is 32.2. The van der Waals surface area contributed by atoms with E-state index in [1.54, 1.807) is 4.72 Å². The third-order valence-electron chi connectivity index (χ3n) is 5.60. The summed E-state index contributed by atoms with van der Waals surface area (Å²) in [7, 11) is -4.76. The van der Waals surface area contributed by atoms with Crippen LogP contribution in [0.4, 0.5) is 37.2 Å². The lowest BCUT2D eigenvalue weighted by molar-refractivity contribution is -0.140. The molecule has 1 heterocycles. The number of alkyl halides is 3. The molecule has 2 aromatic rings. The molecule has 4 amide bonds. The largest absolute Gasteiger partial charge is 0.443 e. The Morgan fingerprint density at radius 3 is 2.21 bits per heavy atom. The first-order valence-electron chi connectivity index (χ1n) is 11.2. The number of carbonyl (C=O) groups is 3. The number of rotatable bonds is 5. The van der Waals surface area contributed by atoms with Gasteiger partial charge in [0.05, 0.1) is 16.1 Å². The number of hydrogen-bond acceptors (Lipinski definition) is 6. The van der Waals surface area contributed by atoms with E-state index < -0.39 is 79.7 Å². The fourth-order valence-corrected chi connectivity index (χ4v) is 4.86. The lowest BCUT2D eigenvalue weighted by Crippen LogP contribution is -2.44. The normalized spacial score (nSPS) is 16.1. The van der Waals surface area contributed by atoms with Crippen molar-refractivity contribution in [3.8, 4) is 0 Å². The molecule has 0 radical (unpaired) electrons. The van der Waals surface area contributed by atoms with Crippen molar-refractivity contribution < 1.29 is 49.5 Å². The number of anilines is 1. The SMILES string of the molecule is CC(C)(C)OC(=O)NS(=O)(=O)c1cc(F)ccc1CN1C(=O)N(c2ccc(F)c(C(F)(F)F)c2)C(=O)C1(C)C. The van der Waals surface area contributed by atoms with Crippen LogP contribution in [0.3, 0.4) is 0 Å². The minimum absolute atomic E-state index is 0.223. The van der Waals surface area contributed by atoms with Crippen LogP contribution in [0.2, 0.25) is 0 Å². The lowest BCUT2D eigenvalue weighted by atomic mass is 10.0. The zero-order valence-electron chi connectivity index (χ0n) is 21.3. The maximum absolute atomic E-state index is 14.1. The molecule has 212 valence electrons. The summed E-state index contributed by atoms with van der Waals surface area (Å²) in [6, 6.07) is 2.92. The van der Waals surface area contributed by atoms with Crippen LogP contribution in [0.5, 0.6) is 0 Å². The smallest absolute Gasteiger partial charge is 0.421 e.